The minimum Gasteiger partial charge on any atom is -0.508 e. The summed E-state index contributed by atoms with van der Waals surface area (Å²) < 4.78 is 2.55. The quantitative estimate of drug-likeness (QED) is 0.608. The standard InChI is InChI=1S/C26H29N3O2/c1-15(30)27-21-4-7-24-23(14-21)28-25(13-16-2-5-22(31)6-3-16)29(24)26-19-9-17-8-18(11-19)12-20(26)10-17/h2-7,14,17-20,26,31H,8-13H2,1H3,(H,27,30). The molecule has 31 heavy (non-hydrogen) atoms. The summed E-state index contributed by atoms with van der Waals surface area (Å²) >= 11 is 0. The molecule has 5 heteroatoms. The number of nitrogens with one attached hydrogen (secondary N) is 1. The minimum atomic E-state index is -0.0656. The Morgan fingerprint density at radius 3 is 2.35 bits per heavy atom. The van der Waals surface area contributed by atoms with Crippen molar-refractivity contribution in [2.45, 2.75) is 51.5 Å². The van der Waals surface area contributed by atoms with Crippen molar-refractivity contribution in [1.29, 1.82) is 0 Å². The van der Waals surface area contributed by atoms with Crippen molar-refractivity contribution in [1.82, 2.24) is 9.55 Å². The average molecular weight is 416 g/mol. The van der Waals surface area contributed by atoms with E-state index >= 15 is 0 Å². The van der Waals surface area contributed by atoms with E-state index in [0.717, 1.165) is 52.7 Å². The summed E-state index contributed by atoms with van der Waals surface area (Å²) in [4.78, 5) is 16.6. The molecule has 4 saturated carbocycles. The van der Waals surface area contributed by atoms with Crippen LogP contribution in [-0.4, -0.2) is 20.6 Å². The van der Waals surface area contributed by atoms with Crippen LogP contribution in [-0.2, 0) is 11.2 Å². The molecule has 2 aromatic carbocycles. The lowest BCUT2D eigenvalue weighted by Gasteiger charge is -2.55. The first-order valence-corrected chi connectivity index (χ1v) is 11.6. The molecule has 4 fully saturated rings. The van der Waals surface area contributed by atoms with Crippen LogP contribution in [0.3, 0.4) is 0 Å². The van der Waals surface area contributed by atoms with Gasteiger partial charge in [0.1, 0.15) is 11.6 Å². The van der Waals surface area contributed by atoms with Crippen molar-refractivity contribution < 1.29 is 9.90 Å². The topological polar surface area (TPSA) is 67.2 Å². The molecule has 4 bridgehead atoms. The molecule has 0 spiro atoms. The molecule has 1 aromatic heterocycles. The predicted octanol–water partition coefficient (Wildman–Crippen LogP) is 5.29. The third-order valence-corrected chi connectivity index (χ3v) is 7.86. The number of amides is 1. The van der Waals surface area contributed by atoms with Crippen molar-refractivity contribution in [2.24, 2.45) is 23.7 Å². The van der Waals surface area contributed by atoms with Gasteiger partial charge in [0.15, 0.2) is 0 Å². The molecule has 0 unspecified atom stereocenters. The van der Waals surface area contributed by atoms with Gasteiger partial charge in [0.25, 0.3) is 0 Å². The molecule has 2 N–H and O–H groups in total. The molecule has 1 amide bonds. The van der Waals surface area contributed by atoms with Crippen molar-refractivity contribution in [2.75, 3.05) is 5.32 Å². The van der Waals surface area contributed by atoms with E-state index in [9.17, 15) is 9.90 Å². The molecule has 0 radical (unpaired) electrons. The van der Waals surface area contributed by atoms with E-state index in [-0.39, 0.29) is 5.91 Å². The molecule has 3 aromatic rings. The first-order valence-electron chi connectivity index (χ1n) is 11.6. The molecule has 0 saturated heterocycles. The van der Waals surface area contributed by atoms with Gasteiger partial charge in [-0.2, -0.15) is 0 Å². The van der Waals surface area contributed by atoms with Gasteiger partial charge in [0.05, 0.1) is 11.0 Å². The van der Waals surface area contributed by atoms with E-state index in [0.29, 0.717) is 11.8 Å². The lowest BCUT2D eigenvalue weighted by molar-refractivity contribution is -0.114. The lowest BCUT2D eigenvalue weighted by Crippen LogP contribution is -2.46. The molecule has 7 rings (SSSR count). The highest BCUT2D eigenvalue weighted by atomic mass is 16.3. The van der Waals surface area contributed by atoms with E-state index in [2.05, 4.69) is 16.0 Å². The van der Waals surface area contributed by atoms with Crippen LogP contribution >= 0.6 is 0 Å². The summed E-state index contributed by atoms with van der Waals surface area (Å²) in [7, 11) is 0. The number of rotatable bonds is 4. The van der Waals surface area contributed by atoms with Crippen molar-refractivity contribution in [3.63, 3.8) is 0 Å². The zero-order chi connectivity index (χ0) is 21.1. The molecule has 5 nitrogen and oxygen atoms in total. The third-order valence-electron chi connectivity index (χ3n) is 7.86. The van der Waals surface area contributed by atoms with Crippen LogP contribution in [0.15, 0.2) is 42.5 Å². The lowest BCUT2D eigenvalue weighted by atomic mass is 9.54. The smallest absolute Gasteiger partial charge is 0.221 e. The minimum absolute atomic E-state index is 0.0656. The largest absolute Gasteiger partial charge is 0.508 e. The van der Waals surface area contributed by atoms with E-state index in [1.807, 2.05) is 24.3 Å². The zero-order valence-electron chi connectivity index (χ0n) is 17.9. The van der Waals surface area contributed by atoms with Gasteiger partial charge >= 0.3 is 0 Å². The van der Waals surface area contributed by atoms with Gasteiger partial charge in [-0.05, 0) is 91.7 Å². The van der Waals surface area contributed by atoms with Crippen LogP contribution in [0.4, 0.5) is 5.69 Å². The van der Waals surface area contributed by atoms with Gasteiger partial charge in [-0.3, -0.25) is 4.79 Å². The number of carbonyl (C=O) groups excluding carboxylic acids is 1. The number of hydrogen-bond donors (Lipinski definition) is 2. The first-order chi connectivity index (χ1) is 15.0. The molecule has 4 aliphatic carbocycles. The van der Waals surface area contributed by atoms with Gasteiger partial charge in [0.2, 0.25) is 5.91 Å². The maximum Gasteiger partial charge on any atom is 0.221 e. The molecular formula is C26H29N3O2. The molecule has 0 atom stereocenters. The summed E-state index contributed by atoms with van der Waals surface area (Å²) in [6.07, 6.45) is 7.64. The zero-order valence-corrected chi connectivity index (χ0v) is 17.9. The van der Waals surface area contributed by atoms with Crippen LogP contribution in [0.5, 0.6) is 5.75 Å². The van der Waals surface area contributed by atoms with Gasteiger partial charge in [-0.25, -0.2) is 4.98 Å². The molecule has 160 valence electrons. The normalized spacial score (nSPS) is 28.9. The molecule has 4 aliphatic rings. The van der Waals surface area contributed by atoms with Crippen LogP contribution in [0.1, 0.15) is 56.5 Å². The molecule has 0 aliphatic heterocycles. The van der Waals surface area contributed by atoms with Crippen molar-refractivity contribution in [3.05, 3.63) is 53.9 Å². The average Bonchev–Trinajstić information content (AvgIpc) is 3.05. The summed E-state index contributed by atoms with van der Waals surface area (Å²) in [5.74, 6) is 4.69. The number of anilines is 1. The second-order valence-corrected chi connectivity index (χ2v) is 10.0. The summed E-state index contributed by atoms with van der Waals surface area (Å²) in [6, 6.07) is 14.1. The highest BCUT2D eigenvalue weighted by molar-refractivity contribution is 5.91. The predicted molar refractivity (Wildman–Crippen MR) is 121 cm³/mol. The third kappa shape index (κ3) is 3.31. The maximum absolute atomic E-state index is 11.5. The highest BCUT2D eigenvalue weighted by Crippen LogP contribution is 2.59. The number of fused-ring (bicyclic) bond motifs is 1. The Balaban J connectivity index is 1.45. The fourth-order valence-electron chi connectivity index (χ4n) is 7.00. The second-order valence-electron chi connectivity index (χ2n) is 10.0. The van der Waals surface area contributed by atoms with Crippen LogP contribution in [0.2, 0.25) is 0 Å². The Kier molecular flexibility index (Phi) is 4.34. The summed E-state index contributed by atoms with van der Waals surface area (Å²) in [5.41, 5.74) is 4.08. The first kappa shape index (κ1) is 18.9. The Hall–Kier alpha value is -2.82. The van der Waals surface area contributed by atoms with Gasteiger partial charge in [0, 0.05) is 25.1 Å². The monoisotopic (exact) mass is 415 g/mol. The van der Waals surface area contributed by atoms with E-state index in [1.54, 1.807) is 12.1 Å². The summed E-state index contributed by atoms with van der Waals surface area (Å²) in [6.45, 7) is 1.54. The second kappa shape index (κ2) is 7.11. The molecule has 1 heterocycles. The number of carbonyl (C=O) groups is 1. The van der Waals surface area contributed by atoms with E-state index in [1.165, 1.54) is 44.5 Å². The Labute approximate surface area is 182 Å². The number of hydrogen-bond acceptors (Lipinski definition) is 3. The van der Waals surface area contributed by atoms with Gasteiger partial charge in [-0.15, -0.1) is 0 Å². The Bertz CT molecular complexity index is 1120. The van der Waals surface area contributed by atoms with E-state index < -0.39 is 0 Å². The maximum atomic E-state index is 11.5. The highest BCUT2D eigenvalue weighted by Gasteiger charge is 2.49. The van der Waals surface area contributed by atoms with Gasteiger partial charge in [-0.1, -0.05) is 12.1 Å². The van der Waals surface area contributed by atoms with Crippen molar-refractivity contribution >= 4 is 22.6 Å². The van der Waals surface area contributed by atoms with E-state index in [4.69, 9.17) is 4.98 Å². The Morgan fingerprint density at radius 1 is 1.03 bits per heavy atom. The number of phenolic OH excluding ortho intramolecular Hbond substituents is 1. The van der Waals surface area contributed by atoms with Crippen molar-refractivity contribution in [3.8, 4) is 5.75 Å². The summed E-state index contributed by atoms with van der Waals surface area (Å²) in [5, 5.41) is 12.6. The molecular weight excluding hydrogens is 386 g/mol. The Morgan fingerprint density at radius 2 is 1.71 bits per heavy atom. The number of nitrogens with zero attached hydrogens (tertiary/aromatic N) is 2. The van der Waals surface area contributed by atoms with Gasteiger partial charge < -0.3 is 15.0 Å². The fraction of sp³-hybridized carbons (Fsp3) is 0.462. The van der Waals surface area contributed by atoms with Crippen LogP contribution in [0, 0.1) is 23.7 Å². The number of phenols is 1. The van der Waals surface area contributed by atoms with Crippen LogP contribution < -0.4 is 5.32 Å². The number of aromatic hydroxyl groups is 1. The number of benzene rings is 2. The van der Waals surface area contributed by atoms with Crippen LogP contribution in [0.25, 0.3) is 11.0 Å². The SMILES string of the molecule is CC(=O)Nc1ccc2c(c1)nc(Cc1ccc(O)cc1)n2C1C2CC3CC(C2)CC1C3. The number of imidazole rings is 1. The fourth-order valence-corrected chi connectivity index (χ4v) is 7.00. The number of aromatic nitrogens is 2.